The molecule has 2 heterocycles. The maximum absolute atomic E-state index is 13.8. The summed E-state index contributed by atoms with van der Waals surface area (Å²) in [5.74, 6) is -2.64. The number of aromatic nitrogens is 3. The first-order chi connectivity index (χ1) is 14.4. The molecule has 0 saturated heterocycles. The van der Waals surface area contributed by atoms with Crippen molar-refractivity contribution < 1.29 is 13.6 Å². The Morgan fingerprint density at radius 1 is 1.00 bits per heavy atom. The van der Waals surface area contributed by atoms with Crippen LogP contribution in [0.2, 0.25) is 0 Å². The third-order valence-electron chi connectivity index (χ3n) is 4.58. The number of anilines is 2. The molecule has 0 atom stereocenters. The lowest BCUT2D eigenvalue weighted by atomic mass is 10.1. The summed E-state index contributed by atoms with van der Waals surface area (Å²) in [4.78, 5) is 16.4. The van der Waals surface area contributed by atoms with Gasteiger partial charge >= 0.3 is 0 Å². The van der Waals surface area contributed by atoms with Crippen molar-refractivity contribution in [1.82, 2.24) is 14.8 Å². The summed E-state index contributed by atoms with van der Waals surface area (Å²) in [7, 11) is 1.79. The molecule has 4 aromatic rings. The molecule has 0 aliphatic carbocycles. The highest BCUT2D eigenvalue weighted by Gasteiger charge is 2.18. The third-order valence-corrected chi connectivity index (χ3v) is 4.58. The van der Waals surface area contributed by atoms with E-state index in [0.717, 1.165) is 29.1 Å². The number of amides is 1. The van der Waals surface area contributed by atoms with Gasteiger partial charge in [0.15, 0.2) is 0 Å². The van der Waals surface area contributed by atoms with Gasteiger partial charge in [0.25, 0.3) is 5.91 Å². The second-order valence-corrected chi connectivity index (χ2v) is 6.58. The number of nitrogen functional groups attached to an aromatic ring is 1. The Kier molecular flexibility index (Phi) is 4.97. The van der Waals surface area contributed by atoms with Crippen LogP contribution in [0, 0.1) is 11.6 Å². The molecule has 2 aromatic heterocycles. The summed E-state index contributed by atoms with van der Waals surface area (Å²) >= 11 is 0. The Bertz CT molecular complexity index is 1220. The molecule has 3 N–H and O–H groups in total. The lowest BCUT2D eigenvalue weighted by Crippen LogP contribution is -2.17. The third kappa shape index (κ3) is 3.62. The van der Waals surface area contributed by atoms with E-state index >= 15 is 0 Å². The van der Waals surface area contributed by atoms with Crippen LogP contribution in [0.1, 0.15) is 10.4 Å². The van der Waals surface area contributed by atoms with Crippen molar-refractivity contribution in [3.05, 3.63) is 83.9 Å². The van der Waals surface area contributed by atoms with E-state index in [1.807, 2.05) is 36.4 Å². The number of benzene rings is 2. The second kappa shape index (κ2) is 7.75. The zero-order chi connectivity index (χ0) is 21.3. The molecule has 0 fully saturated rings. The van der Waals surface area contributed by atoms with Crippen molar-refractivity contribution >= 4 is 17.5 Å². The van der Waals surface area contributed by atoms with Crippen LogP contribution < -0.4 is 11.1 Å². The summed E-state index contributed by atoms with van der Waals surface area (Å²) < 4.78 is 29.3. The molecule has 0 saturated carbocycles. The SMILES string of the molecule is Cn1nc(-c2ccccc2)cc1-c1ccc(NC(=O)c2c(F)cccc2F)nc1N. The van der Waals surface area contributed by atoms with Gasteiger partial charge in [-0.1, -0.05) is 36.4 Å². The monoisotopic (exact) mass is 405 g/mol. The lowest BCUT2D eigenvalue weighted by molar-refractivity contribution is 0.101. The van der Waals surface area contributed by atoms with Gasteiger partial charge in [-0.25, -0.2) is 13.8 Å². The summed E-state index contributed by atoms with van der Waals surface area (Å²) in [6, 6.07) is 18.0. The number of rotatable bonds is 4. The van der Waals surface area contributed by atoms with Crippen LogP contribution >= 0.6 is 0 Å². The molecule has 0 unspecified atom stereocenters. The first kappa shape index (κ1) is 19.3. The van der Waals surface area contributed by atoms with E-state index in [1.54, 1.807) is 17.8 Å². The number of carbonyl (C=O) groups is 1. The fourth-order valence-electron chi connectivity index (χ4n) is 3.12. The van der Waals surface area contributed by atoms with E-state index in [0.29, 0.717) is 5.56 Å². The molecule has 0 bridgehead atoms. The molecule has 1 amide bonds. The zero-order valence-electron chi connectivity index (χ0n) is 15.9. The molecule has 0 spiro atoms. The lowest BCUT2D eigenvalue weighted by Gasteiger charge is -2.09. The largest absolute Gasteiger partial charge is 0.383 e. The number of nitrogens with one attached hydrogen (secondary N) is 1. The van der Waals surface area contributed by atoms with Gasteiger partial charge in [0.1, 0.15) is 28.8 Å². The number of carbonyl (C=O) groups excluding carboxylic acids is 1. The minimum absolute atomic E-state index is 0.0781. The average Bonchev–Trinajstić information content (AvgIpc) is 3.10. The molecule has 2 aromatic carbocycles. The molecule has 150 valence electrons. The first-order valence-electron chi connectivity index (χ1n) is 9.06. The predicted molar refractivity (Wildman–Crippen MR) is 111 cm³/mol. The summed E-state index contributed by atoms with van der Waals surface area (Å²) in [6.07, 6.45) is 0. The van der Waals surface area contributed by atoms with Gasteiger partial charge in [0.05, 0.1) is 11.4 Å². The van der Waals surface area contributed by atoms with Gasteiger partial charge < -0.3 is 11.1 Å². The standard InChI is InChI=1S/C22H17F2N5O/c1-29-18(12-17(28-29)13-6-3-2-4-7-13)14-10-11-19(26-21(14)25)27-22(30)20-15(23)8-5-9-16(20)24/h2-12H,1H3,(H3,25,26,27,30). The number of aryl methyl sites for hydroxylation is 1. The van der Waals surface area contributed by atoms with Gasteiger partial charge in [-0.15, -0.1) is 0 Å². The Hall–Kier alpha value is -4.07. The van der Waals surface area contributed by atoms with Crippen LogP contribution in [-0.2, 0) is 7.05 Å². The highest BCUT2D eigenvalue weighted by Crippen LogP contribution is 2.29. The number of hydrogen-bond donors (Lipinski definition) is 2. The number of pyridine rings is 1. The highest BCUT2D eigenvalue weighted by molar-refractivity contribution is 6.04. The molecular formula is C22H17F2N5O. The van der Waals surface area contributed by atoms with Crippen molar-refractivity contribution in [2.75, 3.05) is 11.1 Å². The average molecular weight is 405 g/mol. The zero-order valence-corrected chi connectivity index (χ0v) is 15.9. The van der Waals surface area contributed by atoms with Crippen LogP contribution in [0.5, 0.6) is 0 Å². The fraction of sp³-hybridized carbons (Fsp3) is 0.0455. The Balaban J connectivity index is 1.62. The van der Waals surface area contributed by atoms with E-state index in [9.17, 15) is 13.6 Å². The number of nitrogens with zero attached hydrogens (tertiary/aromatic N) is 3. The number of hydrogen-bond acceptors (Lipinski definition) is 4. The smallest absolute Gasteiger partial charge is 0.262 e. The Morgan fingerprint density at radius 2 is 1.70 bits per heavy atom. The molecule has 0 aliphatic heterocycles. The van der Waals surface area contributed by atoms with E-state index in [-0.39, 0.29) is 11.6 Å². The normalized spacial score (nSPS) is 10.8. The van der Waals surface area contributed by atoms with Gasteiger partial charge in [0, 0.05) is 18.2 Å². The van der Waals surface area contributed by atoms with E-state index in [1.165, 1.54) is 12.1 Å². The highest BCUT2D eigenvalue weighted by atomic mass is 19.1. The summed E-state index contributed by atoms with van der Waals surface area (Å²) in [6.45, 7) is 0. The van der Waals surface area contributed by atoms with Gasteiger partial charge in [-0.05, 0) is 30.3 Å². The van der Waals surface area contributed by atoms with Gasteiger partial charge in [0.2, 0.25) is 0 Å². The number of nitrogens with two attached hydrogens (primary N) is 1. The minimum atomic E-state index is -0.958. The van der Waals surface area contributed by atoms with Crippen LogP contribution in [0.25, 0.3) is 22.5 Å². The molecule has 0 radical (unpaired) electrons. The van der Waals surface area contributed by atoms with E-state index < -0.39 is 23.1 Å². The van der Waals surface area contributed by atoms with Crippen LogP contribution in [0.4, 0.5) is 20.4 Å². The van der Waals surface area contributed by atoms with Crippen molar-refractivity contribution in [1.29, 1.82) is 0 Å². The fourth-order valence-corrected chi connectivity index (χ4v) is 3.12. The Morgan fingerprint density at radius 3 is 2.37 bits per heavy atom. The molecule has 8 heteroatoms. The molecule has 0 aliphatic rings. The molecular weight excluding hydrogens is 388 g/mol. The first-order valence-corrected chi connectivity index (χ1v) is 9.06. The van der Waals surface area contributed by atoms with E-state index in [4.69, 9.17) is 5.73 Å². The molecule has 30 heavy (non-hydrogen) atoms. The topological polar surface area (TPSA) is 85.8 Å². The maximum Gasteiger partial charge on any atom is 0.262 e. The van der Waals surface area contributed by atoms with Crippen molar-refractivity contribution in [3.8, 4) is 22.5 Å². The van der Waals surface area contributed by atoms with Gasteiger partial charge in [-0.2, -0.15) is 5.10 Å². The van der Waals surface area contributed by atoms with Crippen LogP contribution in [0.3, 0.4) is 0 Å². The summed E-state index contributed by atoms with van der Waals surface area (Å²) in [5.41, 5.74) is 8.50. The quantitative estimate of drug-likeness (QED) is 0.531. The molecule has 4 rings (SSSR count). The minimum Gasteiger partial charge on any atom is -0.383 e. The van der Waals surface area contributed by atoms with E-state index in [2.05, 4.69) is 15.4 Å². The second-order valence-electron chi connectivity index (χ2n) is 6.58. The number of halogens is 2. The van der Waals surface area contributed by atoms with Crippen molar-refractivity contribution in [3.63, 3.8) is 0 Å². The van der Waals surface area contributed by atoms with Crippen LogP contribution in [0.15, 0.2) is 66.7 Å². The van der Waals surface area contributed by atoms with Crippen molar-refractivity contribution in [2.45, 2.75) is 0 Å². The summed E-state index contributed by atoms with van der Waals surface area (Å²) in [5, 5.41) is 6.88. The predicted octanol–water partition coefficient (Wildman–Crippen LogP) is 4.26. The Labute approximate surface area is 171 Å². The van der Waals surface area contributed by atoms with Crippen molar-refractivity contribution in [2.24, 2.45) is 7.05 Å². The maximum atomic E-state index is 13.8. The molecule has 6 nitrogen and oxygen atoms in total. The van der Waals surface area contributed by atoms with Crippen LogP contribution in [-0.4, -0.2) is 20.7 Å². The van der Waals surface area contributed by atoms with Gasteiger partial charge in [-0.3, -0.25) is 9.48 Å².